The minimum Gasteiger partial charge on any atom is -0.478 e. The number of aromatic carboxylic acids is 1. The Balaban J connectivity index is 2.47. The quantitative estimate of drug-likeness (QED) is 0.890. The molecule has 0 aromatic heterocycles. The van der Waals surface area contributed by atoms with Gasteiger partial charge in [0.15, 0.2) is 0 Å². The van der Waals surface area contributed by atoms with Crippen LogP contribution in [0.15, 0.2) is 41.3 Å². The van der Waals surface area contributed by atoms with E-state index in [-0.39, 0.29) is 10.7 Å². The first-order valence-electron chi connectivity index (χ1n) is 5.71. The molecule has 2 aromatic carbocycles. The second-order valence-corrected chi connectivity index (χ2v) is 6.26. The smallest absolute Gasteiger partial charge is 0.337 e. The first-order valence-corrected chi connectivity index (χ1v) is 7.57. The van der Waals surface area contributed by atoms with Gasteiger partial charge in [0.1, 0.15) is 16.5 Å². The summed E-state index contributed by atoms with van der Waals surface area (Å²) >= 11 is 5.54. The number of nitrogens with one attached hydrogen (secondary N) is 1. The van der Waals surface area contributed by atoms with E-state index in [1.807, 2.05) is 4.72 Å². The number of hydrogen-bond donors (Lipinski definition) is 2. The van der Waals surface area contributed by atoms with Gasteiger partial charge < -0.3 is 5.11 Å². The highest BCUT2D eigenvalue weighted by atomic mass is 35.5. The summed E-state index contributed by atoms with van der Waals surface area (Å²) in [7, 11) is -4.40. The molecule has 22 heavy (non-hydrogen) atoms. The lowest BCUT2D eigenvalue weighted by Gasteiger charge is -2.11. The van der Waals surface area contributed by atoms with E-state index in [0.717, 1.165) is 24.3 Å². The number of anilines is 1. The van der Waals surface area contributed by atoms with Crippen LogP contribution in [0, 0.1) is 11.6 Å². The second kappa shape index (κ2) is 5.90. The van der Waals surface area contributed by atoms with Crippen LogP contribution in [0.2, 0.25) is 5.02 Å². The molecule has 0 amide bonds. The molecule has 0 saturated heterocycles. The molecular formula is C13H8ClF2NO4S. The molecule has 0 aliphatic carbocycles. The SMILES string of the molecule is O=C(O)c1cc(F)ccc1NS(=O)(=O)c1ccc(Cl)cc1F. The number of halogens is 3. The summed E-state index contributed by atoms with van der Waals surface area (Å²) in [5.74, 6) is -3.48. The molecule has 0 atom stereocenters. The Morgan fingerprint density at radius 3 is 2.41 bits per heavy atom. The summed E-state index contributed by atoms with van der Waals surface area (Å²) in [4.78, 5) is 10.3. The molecule has 2 aromatic rings. The highest BCUT2D eigenvalue weighted by Gasteiger charge is 2.22. The van der Waals surface area contributed by atoms with E-state index >= 15 is 0 Å². The van der Waals surface area contributed by atoms with E-state index in [1.165, 1.54) is 6.07 Å². The van der Waals surface area contributed by atoms with Crippen molar-refractivity contribution in [2.45, 2.75) is 4.90 Å². The zero-order valence-corrected chi connectivity index (χ0v) is 12.3. The third-order valence-corrected chi connectivity index (χ3v) is 4.27. The van der Waals surface area contributed by atoms with Crippen molar-refractivity contribution >= 4 is 33.3 Å². The van der Waals surface area contributed by atoms with Crippen LogP contribution >= 0.6 is 11.6 Å². The molecule has 0 aliphatic heterocycles. The Kier molecular flexibility index (Phi) is 4.34. The standard InChI is InChI=1S/C13H8ClF2NO4S/c14-7-1-4-12(10(16)5-7)22(20,21)17-11-3-2-8(15)6-9(11)13(18)19/h1-6,17H,(H,18,19). The Morgan fingerprint density at radius 2 is 1.82 bits per heavy atom. The monoisotopic (exact) mass is 347 g/mol. The lowest BCUT2D eigenvalue weighted by molar-refractivity contribution is 0.0697. The van der Waals surface area contributed by atoms with Crippen LogP contribution in [0.25, 0.3) is 0 Å². The molecule has 0 heterocycles. The molecule has 0 spiro atoms. The van der Waals surface area contributed by atoms with Crippen molar-refractivity contribution in [2.75, 3.05) is 4.72 Å². The lowest BCUT2D eigenvalue weighted by Crippen LogP contribution is -2.17. The van der Waals surface area contributed by atoms with E-state index in [9.17, 15) is 22.0 Å². The number of rotatable bonds is 4. The maximum atomic E-state index is 13.7. The molecule has 0 aliphatic rings. The average molecular weight is 348 g/mol. The van der Waals surface area contributed by atoms with E-state index in [1.54, 1.807) is 0 Å². The fraction of sp³-hybridized carbons (Fsp3) is 0. The fourth-order valence-corrected chi connectivity index (χ4v) is 2.97. The van der Waals surface area contributed by atoms with Crippen LogP contribution in [0.1, 0.15) is 10.4 Å². The summed E-state index contributed by atoms with van der Waals surface area (Å²) in [5, 5.41) is 8.96. The van der Waals surface area contributed by atoms with Gasteiger partial charge in [0.05, 0.1) is 11.3 Å². The Hall–Kier alpha value is -2.19. The summed E-state index contributed by atoms with van der Waals surface area (Å²) in [6.07, 6.45) is 0. The number of carboxylic acid groups (broad SMARTS) is 1. The van der Waals surface area contributed by atoms with Crippen LogP contribution in [0.5, 0.6) is 0 Å². The number of benzene rings is 2. The summed E-state index contributed by atoms with van der Waals surface area (Å²) in [5.41, 5.74) is -0.985. The molecule has 0 saturated carbocycles. The van der Waals surface area contributed by atoms with Gasteiger partial charge in [-0.1, -0.05) is 11.6 Å². The Labute approximate surface area is 129 Å². The molecule has 0 bridgehead atoms. The predicted octanol–water partition coefficient (Wildman–Crippen LogP) is 3.12. The zero-order chi connectivity index (χ0) is 16.5. The van der Waals surface area contributed by atoms with Gasteiger partial charge in [-0.15, -0.1) is 0 Å². The zero-order valence-electron chi connectivity index (χ0n) is 10.7. The van der Waals surface area contributed by atoms with Crippen molar-refractivity contribution in [1.82, 2.24) is 0 Å². The van der Waals surface area contributed by atoms with Gasteiger partial charge in [-0.05, 0) is 36.4 Å². The van der Waals surface area contributed by atoms with Crippen LogP contribution in [0.3, 0.4) is 0 Å². The fourth-order valence-electron chi connectivity index (χ4n) is 1.68. The van der Waals surface area contributed by atoms with Crippen molar-refractivity contribution < 1.29 is 27.1 Å². The predicted molar refractivity (Wildman–Crippen MR) is 75.6 cm³/mol. The summed E-state index contributed by atoms with van der Waals surface area (Å²) in [6.45, 7) is 0. The van der Waals surface area contributed by atoms with Gasteiger partial charge in [0.2, 0.25) is 0 Å². The minimum absolute atomic E-state index is 0.00413. The maximum Gasteiger partial charge on any atom is 0.337 e. The van der Waals surface area contributed by atoms with E-state index < -0.39 is 38.1 Å². The number of sulfonamides is 1. The highest BCUT2D eigenvalue weighted by Crippen LogP contribution is 2.24. The molecule has 2 rings (SSSR count). The topological polar surface area (TPSA) is 83.5 Å². The molecule has 0 radical (unpaired) electrons. The van der Waals surface area contributed by atoms with Crippen LogP contribution in [0.4, 0.5) is 14.5 Å². The van der Waals surface area contributed by atoms with E-state index in [0.29, 0.717) is 6.07 Å². The molecule has 9 heteroatoms. The van der Waals surface area contributed by atoms with Gasteiger partial charge in [-0.3, -0.25) is 4.72 Å². The molecular weight excluding hydrogens is 340 g/mol. The van der Waals surface area contributed by atoms with E-state index in [4.69, 9.17) is 16.7 Å². The first-order chi connectivity index (χ1) is 10.2. The van der Waals surface area contributed by atoms with Crippen LogP contribution in [-0.2, 0) is 10.0 Å². The largest absolute Gasteiger partial charge is 0.478 e. The van der Waals surface area contributed by atoms with Gasteiger partial charge in [0.25, 0.3) is 10.0 Å². The third kappa shape index (κ3) is 3.34. The van der Waals surface area contributed by atoms with Gasteiger partial charge in [-0.25, -0.2) is 22.0 Å². The van der Waals surface area contributed by atoms with Crippen molar-refractivity contribution in [3.05, 3.63) is 58.6 Å². The first kappa shape index (κ1) is 16.2. The molecule has 5 nitrogen and oxygen atoms in total. The van der Waals surface area contributed by atoms with Gasteiger partial charge in [-0.2, -0.15) is 0 Å². The number of carboxylic acids is 1. The van der Waals surface area contributed by atoms with Crippen molar-refractivity contribution in [3.8, 4) is 0 Å². The number of carbonyl (C=O) groups is 1. The minimum atomic E-state index is -4.40. The van der Waals surface area contributed by atoms with Crippen molar-refractivity contribution in [2.24, 2.45) is 0 Å². The Morgan fingerprint density at radius 1 is 1.14 bits per heavy atom. The van der Waals surface area contributed by atoms with Crippen molar-refractivity contribution in [3.63, 3.8) is 0 Å². The summed E-state index contributed by atoms with van der Waals surface area (Å²) in [6, 6.07) is 5.37. The number of hydrogen-bond acceptors (Lipinski definition) is 3. The lowest BCUT2D eigenvalue weighted by atomic mass is 10.2. The highest BCUT2D eigenvalue weighted by molar-refractivity contribution is 7.92. The normalized spacial score (nSPS) is 11.2. The third-order valence-electron chi connectivity index (χ3n) is 2.64. The van der Waals surface area contributed by atoms with Crippen molar-refractivity contribution in [1.29, 1.82) is 0 Å². The van der Waals surface area contributed by atoms with Crippen LogP contribution < -0.4 is 4.72 Å². The van der Waals surface area contributed by atoms with Crippen LogP contribution in [-0.4, -0.2) is 19.5 Å². The van der Waals surface area contributed by atoms with E-state index in [2.05, 4.69) is 0 Å². The Bertz CT molecular complexity index is 855. The van der Waals surface area contributed by atoms with Gasteiger partial charge >= 0.3 is 5.97 Å². The average Bonchev–Trinajstić information content (AvgIpc) is 2.39. The maximum absolute atomic E-state index is 13.7. The second-order valence-electron chi connectivity index (χ2n) is 4.18. The molecule has 0 fully saturated rings. The molecule has 116 valence electrons. The summed E-state index contributed by atoms with van der Waals surface area (Å²) < 4.78 is 52.9. The molecule has 2 N–H and O–H groups in total. The molecule has 0 unspecified atom stereocenters. The van der Waals surface area contributed by atoms with Gasteiger partial charge in [0, 0.05) is 5.02 Å².